The van der Waals surface area contributed by atoms with Crippen LogP contribution in [0.4, 0.5) is 5.69 Å². The smallest absolute Gasteiger partial charge is 0.221 e. The second-order valence-corrected chi connectivity index (χ2v) is 6.13. The molecule has 0 radical (unpaired) electrons. The van der Waals surface area contributed by atoms with E-state index in [1.54, 1.807) is 7.11 Å². The zero-order chi connectivity index (χ0) is 17.1. The lowest BCUT2D eigenvalue weighted by atomic mass is 9.98. The van der Waals surface area contributed by atoms with E-state index >= 15 is 0 Å². The standard InChI is InChI=1S/C19H22N2O3/c1-13(22)20-17-5-3-4-14(8-17)11-21-7-6-15-9-18(23)19(24-2)10-16(15)12-21/h3-5,8-10,23H,6-7,11-12H2,1-2H3,(H,20,22). The van der Waals surface area contributed by atoms with Crippen molar-refractivity contribution < 1.29 is 14.6 Å². The fourth-order valence-corrected chi connectivity index (χ4v) is 3.14. The van der Waals surface area contributed by atoms with Gasteiger partial charge in [-0.1, -0.05) is 12.1 Å². The molecule has 0 saturated carbocycles. The molecule has 1 aliphatic heterocycles. The van der Waals surface area contributed by atoms with Crippen LogP contribution in [-0.4, -0.2) is 29.6 Å². The summed E-state index contributed by atoms with van der Waals surface area (Å²) >= 11 is 0. The van der Waals surface area contributed by atoms with E-state index in [-0.39, 0.29) is 11.7 Å². The Bertz CT molecular complexity index is 758. The second kappa shape index (κ2) is 6.93. The maximum Gasteiger partial charge on any atom is 0.221 e. The topological polar surface area (TPSA) is 61.8 Å². The summed E-state index contributed by atoms with van der Waals surface area (Å²) in [6.07, 6.45) is 0.901. The predicted molar refractivity (Wildman–Crippen MR) is 93.2 cm³/mol. The molecule has 0 saturated heterocycles. The minimum absolute atomic E-state index is 0.0639. The van der Waals surface area contributed by atoms with Crippen molar-refractivity contribution in [3.05, 3.63) is 53.1 Å². The second-order valence-electron chi connectivity index (χ2n) is 6.13. The van der Waals surface area contributed by atoms with Gasteiger partial charge in [0.25, 0.3) is 0 Å². The van der Waals surface area contributed by atoms with E-state index in [0.717, 1.165) is 37.3 Å². The zero-order valence-electron chi connectivity index (χ0n) is 14.0. The number of aromatic hydroxyl groups is 1. The van der Waals surface area contributed by atoms with Gasteiger partial charge in [0.1, 0.15) is 0 Å². The van der Waals surface area contributed by atoms with Gasteiger partial charge in [0.15, 0.2) is 11.5 Å². The van der Waals surface area contributed by atoms with E-state index in [9.17, 15) is 9.90 Å². The third kappa shape index (κ3) is 3.68. The van der Waals surface area contributed by atoms with Crippen LogP contribution in [-0.2, 0) is 24.3 Å². The maximum absolute atomic E-state index is 11.2. The van der Waals surface area contributed by atoms with Crippen LogP contribution >= 0.6 is 0 Å². The predicted octanol–water partition coefficient (Wildman–Crippen LogP) is 2.92. The first kappa shape index (κ1) is 16.3. The van der Waals surface area contributed by atoms with E-state index in [2.05, 4.69) is 16.3 Å². The molecule has 2 aromatic carbocycles. The monoisotopic (exact) mass is 326 g/mol. The third-order valence-electron chi connectivity index (χ3n) is 4.25. The normalized spacial score (nSPS) is 14.1. The number of phenolic OH excluding ortho intramolecular Hbond substituents is 1. The molecule has 2 N–H and O–H groups in total. The lowest BCUT2D eigenvalue weighted by Gasteiger charge is -2.29. The number of nitrogens with zero attached hydrogens (tertiary/aromatic N) is 1. The quantitative estimate of drug-likeness (QED) is 0.907. The van der Waals surface area contributed by atoms with Crippen molar-refractivity contribution in [2.75, 3.05) is 19.0 Å². The number of nitrogens with one attached hydrogen (secondary N) is 1. The van der Waals surface area contributed by atoms with Gasteiger partial charge in [0, 0.05) is 32.2 Å². The number of carbonyl (C=O) groups is 1. The summed E-state index contributed by atoms with van der Waals surface area (Å²) in [7, 11) is 1.57. The number of phenols is 1. The number of rotatable bonds is 4. The van der Waals surface area contributed by atoms with Crippen LogP contribution in [0.3, 0.4) is 0 Å². The fraction of sp³-hybridized carbons (Fsp3) is 0.316. The summed E-state index contributed by atoms with van der Waals surface area (Å²) in [6.45, 7) is 4.08. The van der Waals surface area contributed by atoms with Crippen molar-refractivity contribution in [1.82, 2.24) is 4.90 Å². The lowest BCUT2D eigenvalue weighted by Crippen LogP contribution is -2.30. The minimum atomic E-state index is -0.0639. The Hall–Kier alpha value is -2.53. The van der Waals surface area contributed by atoms with Crippen LogP contribution in [0.15, 0.2) is 36.4 Å². The van der Waals surface area contributed by atoms with Gasteiger partial charge in [-0.05, 0) is 47.4 Å². The molecular weight excluding hydrogens is 304 g/mol. The zero-order valence-corrected chi connectivity index (χ0v) is 14.0. The van der Waals surface area contributed by atoms with E-state index in [4.69, 9.17) is 4.74 Å². The molecule has 0 atom stereocenters. The van der Waals surface area contributed by atoms with Gasteiger partial charge < -0.3 is 15.2 Å². The van der Waals surface area contributed by atoms with Gasteiger partial charge in [-0.15, -0.1) is 0 Å². The summed E-state index contributed by atoms with van der Waals surface area (Å²) in [5.41, 5.74) is 4.35. The van der Waals surface area contributed by atoms with E-state index in [0.29, 0.717) is 5.75 Å². The number of amides is 1. The average Bonchev–Trinajstić information content (AvgIpc) is 2.54. The highest BCUT2D eigenvalue weighted by atomic mass is 16.5. The molecule has 5 heteroatoms. The first-order valence-corrected chi connectivity index (χ1v) is 8.03. The Morgan fingerprint density at radius 2 is 2.12 bits per heavy atom. The highest BCUT2D eigenvalue weighted by molar-refractivity contribution is 5.88. The highest BCUT2D eigenvalue weighted by Gasteiger charge is 2.19. The van der Waals surface area contributed by atoms with Crippen LogP contribution < -0.4 is 10.1 Å². The fourth-order valence-electron chi connectivity index (χ4n) is 3.14. The van der Waals surface area contributed by atoms with Crippen molar-refractivity contribution in [1.29, 1.82) is 0 Å². The number of anilines is 1. The Morgan fingerprint density at radius 3 is 2.88 bits per heavy atom. The van der Waals surface area contributed by atoms with Crippen LogP contribution in [0.2, 0.25) is 0 Å². The molecule has 1 heterocycles. The van der Waals surface area contributed by atoms with Crippen LogP contribution in [0.25, 0.3) is 0 Å². The molecule has 2 aromatic rings. The molecular formula is C19H22N2O3. The molecule has 3 rings (SSSR count). The summed E-state index contributed by atoms with van der Waals surface area (Å²) in [4.78, 5) is 13.5. The van der Waals surface area contributed by atoms with Gasteiger partial charge in [-0.3, -0.25) is 9.69 Å². The number of hydrogen-bond donors (Lipinski definition) is 2. The highest BCUT2D eigenvalue weighted by Crippen LogP contribution is 2.32. The number of fused-ring (bicyclic) bond motifs is 1. The van der Waals surface area contributed by atoms with Gasteiger partial charge in [-0.25, -0.2) is 0 Å². The molecule has 0 unspecified atom stereocenters. The molecule has 5 nitrogen and oxygen atoms in total. The van der Waals surface area contributed by atoms with E-state index in [1.165, 1.54) is 18.1 Å². The lowest BCUT2D eigenvalue weighted by molar-refractivity contribution is -0.114. The third-order valence-corrected chi connectivity index (χ3v) is 4.25. The van der Waals surface area contributed by atoms with Gasteiger partial charge >= 0.3 is 0 Å². The first-order chi connectivity index (χ1) is 11.5. The van der Waals surface area contributed by atoms with Crippen LogP contribution in [0.5, 0.6) is 11.5 Å². The average molecular weight is 326 g/mol. The number of hydrogen-bond acceptors (Lipinski definition) is 4. The molecule has 1 amide bonds. The van der Waals surface area contributed by atoms with Gasteiger partial charge in [0.2, 0.25) is 5.91 Å². The van der Waals surface area contributed by atoms with E-state index in [1.807, 2.05) is 30.3 Å². The number of ether oxygens (including phenoxy) is 1. The Labute approximate surface area is 141 Å². The first-order valence-electron chi connectivity index (χ1n) is 8.03. The Balaban J connectivity index is 1.73. The van der Waals surface area contributed by atoms with Crippen LogP contribution in [0, 0.1) is 0 Å². The molecule has 0 aromatic heterocycles. The molecule has 0 bridgehead atoms. The van der Waals surface area contributed by atoms with Crippen molar-refractivity contribution in [3.8, 4) is 11.5 Å². The van der Waals surface area contributed by atoms with E-state index < -0.39 is 0 Å². The van der Waals surface area contributed by atoms with Crippen molar-refractivity contribution in [2.45, 2.75) is 26.4 Å². The largest absolute Gasteiger partial charge is 0.504 e. The number of methoxy groups -OCH3 is 1. The Morgan fingerprint density at radius 1 is 1.29 bits per heavy atom. The Kier molecular flexibility index (Phi) is 4.71. The van der Waals surface area contributed by atoms with Crippen molar-refractivity contribution >= 4 is 11.6 Å². The summed E-state index contributed by atoms with van der Waals surface area (Å²) in [5, 5.41) is 12.7. The summed E-state index contributed by atoms with van der Waals surface area (Å²) in [6, 6.07) is 11.7. The van der Waals surface area contributed by atoms with Crippen molar-refractivity contribution in [2.24, 2.45) is 0 Å². The molecule has 126 valence electrons. The summed E-state index contributed by atoms with van der Waals surface area (Å²) < 4.78 is 5.21. The summed E-state index contributed by atoms with van der Waals surface area (Å²) in [5.74, 6) is 0.655. The maximum atomic E-state index is 11.2. The minimum Gasteiger partial charge on any atom is -0.504 e. The number of benzene rings is 2. The van der Waals surface area contributed by atoms with Crippen LogP contribution in [0.1, 0.15) is 23.6 Å². The van der Waals surface area contributed by atoms with Gasteiger partial charge in [-0.2, -0.15) is 0 Å². The number of carbonyl (C=O) groups excluding carboxylic acids is 1. The molecule has 0 aliphatic carbocycles. The molecule has 0 fully saturated rings. The SMILES string of the molecule is COc1cc2c(cc1O)CCN(Cc1cccc(NC(C)=O)c1)C2. The molecule has 1 aliphatic rings. The molecule has 0 spiro atoms. The molecule has 24 heavy (non-hydrogen) atoms. The van der Waals surface area contributed by atoms with Gasteiger partial charge in [0.05, 0.1) is 7.11 Å². The van der Waals surface area contributed by atoms with Crippen molar-refractivity contribution in [3.63, 3.8) is 0 Å².